The molecule has 1 atom stereocenters. The fraction of sp³-hybridized carbons (Fsp3) is 0.350. The summed E-state index contributed by atoms with van der Waals surface area (Å²) in [5.74, 6) is -4.32. The molecule has 1 heterocycles. The third-order valence-electron chi connectivity index (χ3n) is 4.82. The topological polar surface area (TPSA) is 105 Å². The second-order valence-electron chi connectivity index (χ2n) is 7.01. The molecule has 0 aromatic heterocycles. The second kappa shape index (κ2) is 8.59. The highest BCUT2D eigenvalue weighted by molar-refractivity contribution is 5.99. The molecule has 160 valence electrons. The van der Waals surface area contributed by atoms with Crippen molar-refractivity contribution in [3.63, 3.8) is 0 Å². The molecular weight excluding hydrogens is 403 g/mol. The zero-order valence-electron chi connectivity index (χ0n) is 16.5. The summed E-state index contributed by atoms with van der Waals surface area (Å²) >= 11 is 0. The van der Waals surface area contributed by atoms with Gasteiger partial charge < -0.3 is 20.0 Å². The van der Waals surface area contributed by atoms with Crippen LogP contribution in [0.2, 0.25) is 0 Å². The molecule has 2 rings (SSSR count). The van der Waals surface area contributed by atoms with Crippen LogP contribution in [0.4, 0.5) is 13.2 Å². The van der Waals surface area contributed by atoms with Gasteiger partial charge in [-0.1, -0.05) is 12.1 Å². The van der Waals surface area contributed by atoms with Crippen LogP contribution >= 0.6 is 0 Å². The van der Waals surface area contributed by atoms with E-state index in [4.69, 9.17) is 0 Å². The van der Waals surface area contributed by atoms with Gasteiger partial charge in [-0.2, -0.15) is 18.4 Å². The smallest absolute Gasteiger partial charge is 0.416 e. The zero-order valence-corrected chi connectivity index (χ0v) is 16.5. The Morgan fingerprint density at radius 3 is 2.07 bits per heavy atom. The van der Waals surface area contributed by atoms with Crippen LogP contribution in [0, 0.1) is 11.3 Å². The molecule has 0 saturated heterocycles. The Kier molecular flexibility index (Phi) is 6.57. The van der Waals surface area contributed by atoms with Crippen molar-refractivity contribution in [3.8, 4) is 6.07 Å². The first-order chi connectivity index (χ1) is 13.9. The third kappa shape index (κ3) is 4.46. The Bertz CT molecular complexity index is 957. The highest BCUT2D eigenvalue weighted by Gasteiger charge is 2.41. The molecule has 1 aliphatic rings. The van der Waals surface area contributed by atoms with Gasteiger partial charge in [0, 0.05) is 25.7 Å². The summed E-state index contributed by atoms with van der Waals surface area (Å²) in [5.41, 5.74) is -1.72. The fourth-order valence-corrected chi connectivity index (χ4v) is 3.38. The molecule has 0 fully saturated rings. The molecule has 0 aliphatic carbocycles. The molecular formula is C20H20F3N3O4. The van der Waals surface area contributed by atoms with Gasteiger partial charge in [-0.05, 0) is 31.8 Å². The van der Waals surface area contributed by atoms with E-state index in [1.807, 2.05) is 0 Å². The molecule has 1 unspecified atom stereocenters. The maximum atomic E-state index is 12.9. The van der Waals surface area contributed by atoms with Gasteiger partial charge >= 0.3 is 18.1 Å². The van der Waals surface area contributed by atoms with Crippen LogP contribution in [0.1, 0.15) is 23.5 Å². The lowest BCUT2D eigenvalue weighted by molar-refractivity contribution is -0.138. The van der Waals surface area contributed by atoms with Crippen molar-refractivity contribution in [1.29, 1.82) is 5.26 Å². The second-order valence-corrected chi connectivity index (χ2v) is 7.01. The molecule has 0 amide bonds. The highest BCUT2D eigenvalue weighted by atomic mass is 19.4. The van der Waals surface area contributed by atoms with Crippen molar-refractivity contribution in [3.05, 3.63) is 57.9 Å². The van der Waals surface area contributed by atoms with Gasteiger partial charge in [0.2, 0.25) is 0 Å². The SMILES string of the molecule is CN(C)CCC1=C(C(=O)O)C(c2ccc(C(F)(F)F)cc2)C(C(=O)O)=C(C#N)N1C. The Balaban J connectivity index is 2.77. The first-order valence-corrected chi connectivity index (χ1v) is 8.79. The van der Waals surface area contributed by atoms with Gasteiger partial charge in [-0.15, -0.1) is 0 Å². The van der Waals surface area contributed by atoms with E-state index in [1.54, 1.807) is 25.1 Å². The molecule has 0 saturated carbocycles. The van der Waals surface area contributed by atoms with Crippen LogP contribution in [-0.4, -0.2) is 59.6 Å². The number of allylic oxidation sites excluding steroid dienone is 1. The van der Waals surface area contributed by atoms with Crippen molar-refractivity contribution < 1.29 is 33.0 Å². The number of rotatable bonds is 6. The van der Waals surface area contributed by atoms with E-state index in [1.165, 1.54) is 11.9 Å². The summed E-state index contributed by atoms with van der Waals surface area (Å²) in [6.45, 7) is 0.414. The van der Waals surface area contributed by atoms with Crippen molar-refractivity contribution in [2.75, 3.05) is 27.7 Å². The largest absolute Gasteiger partial charge is 0.478 e. The molecule has 10 heteroatoms. The number of nitriles is 1. The van der Waals surface area contributed by atoms with Crippen LogP contribution in [-0.2, 0) is 15.8 Å². The number of alkyl halides is 3. The number of nitrogens with zero attached hydrogens (tertiary/aromatic N) is 3. The number of carbonyl (C=O) groups is 2. The zero-order chi connectivity index (χ0) is 22.8. The number of carboxylic acid groups (broad SMARTS) is 2. The highest BCUT2D eigenvalue weighted by Crippen LogP contribution is 2.43. The lowest BCUT2D eigenvalue weighted by atomic mass is 9.79. The van der Waals surface area contributed by atoms with Crippen molar-refractivity contribution in [2.24, 2.45) is 0 Å². The summed E-state index contributed by atoms with van der Waals surface area (Å²) in [6, 6.07) is 5.42. The van der Waals surface area contributed by atoms with Crippen molar-refractivity contribution in [2.45, 2.75) is 18.5 Å². The van der Waals surface area contributed by atoms with Crippen LogP contribution in [0.5, 0.6) is 0 Å². The number of benzene rings is 1. The first-order valence-electron chi connectivity index (χ1n) is 8.79. The number of hydrogen-bond acceptors (Lipinski definition) is 5. The van der Waals surface area contributed by atoms with E-state index in [2.05, 4.69) is 0 Å². The van der Waals surface area contributed by atoms with Gasteiger partial charge in [0.1, 0.15) is 11.8 Å². The van der Waals surface area contributed by atoms with Crippen LogP contribution < -0.4 is 0 Å². The van der Waals surface area contributed by atoms with Crippen molar-refractivity contribution >= 4 is 11.9 Å². The molecule has 0 bridgehead atoms. The number of aliphatic carboxylic acids is 2. The van der Waals surface area contributed by atoms with Crippen LogP contribution in [0.15, 0.2) is 46.8 Å². The van der Waals surface area contributed by atoms with Gasteiger partial charge in [0.25, 0.3) is 0 Å². The average Bonchev–Trinajstić information content (AvgIpc) is 2.64. The third-order valence-corrected chi connectivity index (χ3v) is 4.82. The molecule has 1 aliphatic heterocycles. The summed E-state index contributed by atoms with van der Waals surface area (Å²) in [4.78, 5) is 27.2. The Labute approximate surface area is 170 Å². The monoisotopic (exact) mass is 423 g/mol. The van der Waals surface area contributed by atoms with Gasteiger partial charge in [0.15, 0.2) is 0 Å². The van der Waals surface area contributed by atoms with E-state index in [-0.39, 0.29) is 29.0 Å². The van der Waals surface area contributed by atoms with E-state index in [9.17, 15) is 38.2 Å². The fourth-order valence-electron chi connectivity index (χ4n) is 3.38. The molecule has 1 aromatic rings. The Hall–Kier alpha value is -3.32. The number of carboxylic acids is 2. The average molecular weight is 423 g/mol. The number of halogens is 3. The standard InChI is InChI=1S/C20H20F3N3O4/c1-25(2)9-8-13-16(18(27)28)15(17(19(29)30)14(10-24)26(13)3)11-4-6-12(7-5-11)20(21,22)23/h4-7,15H,8-9H2,1-3H3,(H,27,28)(H,29,30). The molecule has 2 N–H and O–H groups in total. The minimum atomic E-state index is -4.60. The summed E-state index contributed by atoms with van der Waals surface area (Å²) < 4.78 is 38.7. The van der Waals surface area contributed by atoms with Gasteiger partial charge in [0.05, 0.1) is 22.6 Å². The predicted octanol–water partition coefficient (Wildman–Crippen LogP) is 2.89. The molecule has 7 nitrogen and oxygen atoms in total. The van der Waals surface area contributed by atoms with E-state index in [0.29, 0.717) is 6.54 Å². The summed E-state index contributed by atoms with van der Waals surface area (Å²) in [5, 5.41) is 29.2. The number of hydrogen-bond donors (Lipinski definition) is 2. The molecule has 0 radical (unpaired) electrons. The van der Waals surface area contributed by atoms with E-state index >= 15 is 0 Å². The van der Waals surface area contributed by atoms with E-state index in [0.717, 1.165) is 24.3 Å². The Morgan fingerprint density at radius 2 is 1.67 bits per heavy atom. The molecule has 0 spiro atoms. The van der Waals surface area contributed by atoms with Crippen LogP contribution in [0.25, 0.3) is 0 Å². The Morgan fingerprint density at radius 1 is 1.13 bits per heavy atom. The minimum absolute atomic E-state index is 0.0426. The maximum Gasteiger partial charge on any atom is 0.416 e. The first kappa shape index (κ1) is 23.0. The maximum absolute atomic E-state index is 12.9. The van der Waals surface area contributed by atoms with Crippen LogP contribution in [0.3, 0.4) is 0 Å². The quantitative estimate of drug-likeness (QED) is 0.725. The predicted molar refractivity (Wildman–Crippen MR) is 100 cm³/mol. The summed E-state index contributed by atoms with van der Waals surface area (Å²) in [7, 11) is 4.93. The normalized spacial score (nSPS) is 17.4. The van der Waals surface area contributed by atoms with E-state index < -0.39 is 35.2 Å². The summed E-state index contributed by atoms with van der Waals surface area (Å²) in [6.07, 6.45) is -4.41. The lowest BCUT2D eigenvalue weighted by Gasteiger charge is -2.35. The molecule has 1 aromatic carbocycles. The lowest BCUT2D eigenvalue weighted by Crippen LogP contribution is -2.34. The van der Waals surface area contributed by atoms with Gasteiger partial charge in [-0.3, -0.25) is 0 Å². The van der Waals surface area contributed by atoms with Crippen molar-refractivity contribution in [1.82, 2.24) is 9.80 Å². The molecule has 30 heavy (non-hydrogen) atoms. The minimum Gasteiger partial charge on any atom is -0.478 e. The van der Waals surface area contributed by atoms with Gasteiger partial charge in [-0.25, -0.2) is 9.59 Å².